The Hall–Kier alpha value is -1.99. The Labute approximate surface area is 332 Å². The van der Waals surface area contributed by atoms with Crippen molar-refractivity contribution in [1.82, 2.24) is 4.90 Å². The number of hydrogen-bond acceptors (Lipinski definition) is 16. The van der Waals surface area contributed by atoms with E-state index < -0.39 is 113 Å². The molecule has 0 aromatic rings. The summed E-state index contributed by atoms with van der Waals surface area (Å²) in [5, 5.41) is 46.1. The Morgan fingerprint density at radius 1 is 0.964 bits per heavy atom. The van der Waals surface area contributed by atoms with Crippen LogP contribution < -0.4 is 0 Å². The molecule has 0 unspecified atom stereocenters. The van der Waals surface area contributed by atoms with Gasteiger partial charge in [0.25, 0.3) is 0 Å². The van der Waals surface area contributed by atoms with Gasteiger partial charge >= 0.3 is 17.9 Å². The number of likely N-dealkylation sites (N-methyl/N-ethyl adjacent to an activating group) is 1. The molecule has 3 heterocycles. The second-order valence-electron chi connectivity index (χ2n) is 17.9. The quantitative estimate of drug-likeness (QED) is 0.185. The van der Waals surface area contributed by atoms with Gasteiger partial charge in [-0.3, -0.25) is 14.4 Å². The standard InChI is InChI=1S/C40H71NO15/c1-16-27-40(12,48)33(52-25(7)42)23(5)35(46)56-39(11,19-37(8,9)47)32(55-36-29(43)26(41(13)14)17-20(2)50-36)21(3)30(22(4)34(45)53-27)54-28-18-38(10,49-15)31(44)24(6)51-28/h20-24,26-33,36,43-44,47-48H,16-19H2,1-15H3/t20-,21+,22-,23+,24+,26+,27+,28+,29-,30+,31+,32-,33-,36+,38-,39-,40-/m1/s1. The van der Waals surface area contributed by atoms with Gasteiger partial charge in [-0.05, 0) is 89.3 Å². The number of rotatable bonds is 10. The SMILES string of the molecule is CC[C@@H]1OC(=O)[C@H](C)[C@@H](O[C@H]2C[C@@](C)(OC)[C@@H](O)[C@H](C)O2)[C@H](C)[C@@H](O[C@@H]2O[C@H](C)C[C@H](N(C)C)[C@H]2O)[C@@](C)(CC(C)(C)O)OC(=O)[C@@H](C)[C@@H](OC(C)=O)[C@]1(C)O. The topological polar surface area (TPSA) is 209 Å². The first-order chi connectivity index (χ1) is 25.6. The van der Waals surface area contributed by atoms with Crippen molar-refractivity contribution in [3.05, 3.63) is 0 Å². The fourth-order valence-electron chi connectivity index (χ4n) is 8.85. The number of nitrogens with zero attached hydrogens (tertiary/aromatic N) is 1. The molecule has 0 aromatic heterocycles. The van der Waals surface area contributed by atoms with E-state index in [9.17, 15) is 34.8 Å². The highest BCUT2D eigenvalue weighted by Gasteiger charge is 2.56. The van der Waals surface area contributed by atoms with Crippen LogP contribution in [0, 0.1) is 17.8 Å². The maximum atomic E-state index is 14.4. The van der Waals surface area contributed by atoms with Gasteiger partial charge in [-0.15, -0.1) is 0 Å². The number of hydrogen-bond donors (Lipinski definition) is 4. The molecular weight excluding hydrogens is 734 g/mol. The zero-order valence-corrected chi connectivity index (χ0v) is 36.1. The highest BCUT2D eigenvalue weighted by Crippen LogP contribution is 2.43. The predicted octanol–water partition coefficient (Wildman–Crippen LogP) is 2.47. The molecule has 0 spiro atoms. The lowest BCUT2D eigenvalue weighted by molar-refractivity contribution is -0.320. The lowest BCUT2D eigenvalue weighted by atomic mass is 9.76. The largest absolute Gasteiger partial charge is 0.459 e. The third kappa shape index (κ3) is 11.0. The van der Waals surface area contributed by atoms with E-state index in [-0.39, 0.29) is 31.4 Å². The third-order valence-corrected chi connectivity index (χ3v) is 11.9. The Morgan fingerprint density at radius 3 is 2.09 bits per heavy atom. The van der Waals surface area contributed by atoms with Crippen molar-refractivity contribution in [1.29, 1.82) is 0 Å². The Balaban J connectivity index is 2.34. The van der Waals surface area contributed by atoms with E-state index in [0.29, 0.717) is 6.42 Å². The van der Waals surface area contributed by atoms with Gasteiger partial charge in [0.2, 0.25) is 0 Å². The Kier molecular flexibility index (Phi) is 16.0. The van der Waals surface area contributed by atoms with Gasteiger partial charge < -0.3 is 63.2 Å². The summed E-state index contributed by atoms with van der Waals surface area (Å²) in [5.74, 6) is -5.86. The van der Waals surface area contributed by atoms with Crippen LogP contribution in [0.2, 0.25) is 0 Å². The molecule has 3 fully saturated rings. The van der Waals surface area contributed by atoms with E-state index in [0.717, 1.165) is 6.92 Å². The molecule has 3 saturated heterocycles. The molecule has 16 nitrogen and oxygen atoms in total. The van der Waals surface area contributed by atoms with Crippen molar-refractivity contribution in [3.8, 4) is 0 Å². The minimum absolute atomic E-state index is 0.0573. The summed E-state index contributed by atoms with van der Waals surface area (Å²) < 4.78 is 49.7. The Morgan fingerprint density at radius 2 is 1.57 bits per heavy atom. The molecule has 0 radical (unpaired) electrons. The van der Waals surface area contributed by atoms with Gasteiger partial charge in [0, 0.05) is 38.8 Å². The second kappa shape index (κ2) is 18.5. The smallest absolute Gasteiger partial charge is 0.313 e. The minimum Gasteiger partial charge on any atom is -0.459 e. The summed E-state index contributed by atoms with van der Waals surface area (Å²) in [6.45, 7) is 18.8. The van der Waals surface area contributed by atoms with Gasteiger partial charge in [0.05, 0.1) is 41.3 Å². The van der Waals surface area contributed by atoms with Crippen LogP contribution >= 0.6 is 0 Å². The number of cyclic esters (lactones) is 2. The van der Waals surface area contributed by atoms with Crippen LogP contribution in [-0.4, -0.2) is 154 Å². The molecule has 326 valence electrons. The van der Waals surface area contributed by atoms with Crippen LogP contribution in [0.1, 0.15) is 109 Å². The normalized spacial score (nSPS) is 44.9. The van der Waals surface area contributed by atoms with Crippen molar-refractivity contribution in [2.75, 3.05) is 21.2 Å². The zero-order valence-electron chi connectivity index (χ0n) is 36.1. The number of aliphatic hydroxyl groups is 4. The highest BCUT2D eigenvalue weighted by atomic mass is 16.7. The van der Waals surface area contributed by atoms with Crippen LogP contribution in [0.15, 0.2) is 0 Å². The predicted molar refractivity (Wildman–Crippen MR) is 202 cm³/mol. The number of ether oxygens (including phenoxy) is 8. The summed E-state index contributed by atoms with van der Waals surface area (Å²) in [7, 11) is 5.13. The van der Waals surface area contributed by atoms with E-state index in [2.05, 4.69) is 0 Å². The number of methoxy groups -OCH3 is 1. The van der Waals surface area contributed by atoms with Crippen molar-refractivity contribution < 1.29 is 72.7 Å². The first-order valence-corrected chi connectivity index (χ1v) is 19.9. The van der Waals surface area contributed by atoms with Crippen LogP contribution in [0.25, 0.3) is 0 Å². The summed E-state index contributed by atoms with van der Waals surface area (Å²) in [6.07, 6.45) is -10.5. The molecule has 0 amide bonds. The lowest BCUT2D eigenvalue weighted by Crippen LogP contribution is -2.62. The molecule has 16 heteroatoms. The summed E-state index contributed by atoms with van der Waals surface area (Å²) in [5.41, 5.74) is -6.45. The van der Waals surface area contributed by atoms with E-state index in [1.165, 1.54) is 34.8 Å². The fourth-order valence-corrected chi connectivity index (χ4v) is 8.85. The van der Waals surface area contributed by atoms with Crippen molar-refractivity contribution in [2.24, 2.45) is 17.8 Å². The number of aliphatic hydroxyl groups excluding tert-OH is 2. The first kappa shape index (κ1) is 48.4. The molecule has 4 N–H and O–H groups in total. The van der Waals surface area contributed by atoms with E-state index in [4.69, 9.17) is 37.9 Å². The summed E-state index contributed by atoms with van der Waals surface area (Å²) in [6, 6.07) is -0.383. The lowest BCUT2D eigenvalue weighted by Gasteiger charge is -2.50. The average molecular weight is 806 g/mol. The molecule has 0 aromatic carbocycles. The number of esters is 3. The maximum Gasteiger partial charge on any atom is 0.313 e. The molecule has 3 rings (SSSR count). The first-order valence-electron chi connectivity index (χ1n) is 19.9. The molecule has 17 atom stereocenters. The van der Waals surface area contributed by atoms with Crippen molar-refractivity contribution in [2.45, 2.75) is 199 Å². The molecule has 3 aliphatic rings. The summed E-state index contributed by atoms with van der Waals surface area (Å²) in [4.78, 5) is 43.1. The third-order valence-electron chi connectivity index (χ3n) is 11.9. The van der Waals surface area contributed by atoms with E-state index in [1.807, 2.05) is 25.9 Å². The minimum atomic E-state index is -2.09. The van der Waals surface area contributed by atoms with Crippen molar-refractivity contribution >= 4 is 17.9 Å². The monoisotopic (exact) mass is 805 g/mol. The van der Waals surface area contributed by atoms with Gasteiger partial charge in [0.15, 0.2) is 12.6 Å². The number of carbonyl (C=O) groups excluding carboxylic acids is 3. The average Bonchev–Trinajstić information content (AvgIpc) is 3.08. The second-order valence-corrected chi connectivity index (χ2v) is 17.9. The molecule has 0 saturated carbocycles. The van der Waals surface area contributed by atoms with Crippen LogP contribution in [0.5, 0.6) is 0 Å². The van der Waals surface area contributed by atoms with Gasteiger partial charge in [-0.25, -0.2) is 0 Å². The molecule has 0 bridgehead atoms. The van der Waals surface area contributed by atoms with E-state index >= 15 is 0 Å². The van der Waals surface area contributed by atoms with Gasteiger partial charge in [0.1, 0.15) is 41.7 Å². The molecule has 56 heavy (non-hydrogen) atoms. The fraction of sp³-hybridized carbons (Fsp3) is 0.925. The van der Waals surface area contributed by atoms with Crippen LogP contribution in [0.3, 0.4) is 0 Å². The van der Waals surface area contributed by atoms with E-state index in [1.54, 1.807) is 41.5 Å². The van der Waals surface area contributed by atoms with Crippen molar-refractivity contribution in [3.63, 3.8) is 0 Å². The summed E-state index contributed by atoms with van der Waals surface area (Å²) >= 11 is 0. The molecule has 0 aliphatic carbocycles. The van der Waals surface area contributed by atoms with Crippen LogP contribution in [-0.2, 0) is 52.3 Å². The van der Waals surface area contributed by atoms with Gasteiger partial charge in [-0.2, -0.15) is 0 Å². The highest BCUT2D eigenvalue weighted by molar-refractivity contribution is 5.75. The molecular formula is C40H71NO15. The maximum absolute atomic E-state index is 14.4. The zero-order chi connectivity index (χ0) is 42.9. The Bertz CT molecular complexity index is 1340. The van der Waals surface area contributed by atoms with Gasteiger partial charge in [-0.1, -0.05) is 13.8 Å². The number of carbonyl (C=O) groups is 3. The molecule has 3 aliphatic heterocycles. The van der Waals surface area contributed by atoms with Crippen LogP contribution in [0.4, 0.5) is 0 Å².